The van der Waals surface area contributed by atoms with Gasteiger partial charge in [-0.15, -0.1) is 0 Å². The largest absolute Gasteiger partial charge is 0.350 e. The molecule has 0 radical (unpaired) electrons. The molecule has 0 spiro atoms. The molecule has 0 unspecified atom stereocenters. The summed E-state index contributed by atoms with van der Waals surface area (Å²) in [7, 11) is 0. The van der Waals surface area contributed by atoms with E-state index >= 15 is 0 Å². The van der Waals surface area contributed by atoms with Crippen molar-refractivity contribution in [3.8, 4) is 0 Å². The van der Waals surface area contributed by atoms with Gasteiger partial charge in [0.15, 0.2) is 0 Å². The Balaban J connectivity index is 1.75. The van der Waals surface area contributed by atoms with Crippen molar-refractivity contribution in [3.05, 3.63) is 107 Å². The highest BCUT2D eigenvalue weighted by molar-refractivity contribution is 6.36. The highest BCUT2D eigenvalue weighted by Crippen LogP contribution is 2.32. The number of rotatable bonds is 5. The van der Waals surface area contributed by atoms with Crippen LogP contribution < -0.4 is 5.32 Å². The summed E-state index contributed by atoms with van der Waals surface area (Å²) in [5.74, 6) is -1.36. The van der Waals surface area contributed by atoms with E-state index in [1.807, 2.05) is 50.2 Å². The Bertz CT molecular complexity index is 1170. The lowest BCUT2D eigenvalue weighted by Gasteiger charge is -2.16. The number of nitrogens with one attached hydrogen (secondary N) is 1. The third-order valence-corrected chi connectivity index (χ3v) is 5.29. The Morgan fingerprint density at radius 1 is 0.833 bits per heavy atom. The van der Waals surface area contributed by atoms with E-state index in [1.165, 1.54) is 6.07 Å². The minimum Gasteiger partial charge on any atom is -0.350 e. The van der Waals surface area contributed by atoms with Crippen molar-refractivity contribution >= 4 is 23.1 Å². The summed E-state index contributed by atoms with van der Waals surface area (Å²) in [5, 5.41) is 3.14. The number of halogens is 1. The van der Waals surface area contributed by atoms with Crippen molar-refractivity contribution in [2.45, 2.75) is 20.4 Å². The zero-order valence-electron chi connectivity index (χ0n) is 16.8. The second-order valence-corrected chi connectivity index (χ2v) is 7.33. The van der Waals surface area contributed by atoms with Crippen molar-refractivity contribution in [2.75, 3.05) is 5.32 Å². The summed E-state index contributed by atoms with van der Waals surface area (Å²) in [4.78, 5) is 27.6. The minimum atomic E-state index is -0.472. The molecule has 0 bridgehead atoms. The lowest BCUT2D eigenvalue weighted by molar-refractivity contribution is -0.137. The fourth-order valence-electron chi connectivity index (χ4n) is 3.47. The Morgan fingerprint density at radius 3 is 2.23 bits per heavy atom. The van der Waals surface area contributed by atoms with Gasteiger partial charge in [-0.1, -0.05) is 54.6 Å². The lowest BCUT2D eigenvalue weighted by atomic mass is 10.0. The van der Waals surface area contributed by atoms with Gasteiger partial charge in [-0.3, -0.25) is 14.5 Å². The van der Waals surface area contributed by atoms with Crippen LogP contribution in [0.5, 0.6) is 0 Å². The van der Waals surface area contributed by atoms with Gasteiger partial charge in [-0.05, 0) is 48.7 Å². The number of hydrogen-bond acceptors (Lipinski definition) is 3. The Morgan fingerprint density at radius 2 is 1.53 bits per heavy atom. The van der Waals surface area contributed by atoms with E-state index in [-0.39, 0.29) is 17.8 Å². The van der Waals surface area contributed by atoms with E-state index in [0.29, 0.717) is 11.1 Å². The predicted molar refractivity (Wildman–Crippen MR) is 115 cm³/mol. The molecule has 0 aromatic heterocycles. The van der Waals surface area contributed by atoms with Crippen LogP contribution >= 0.6 is 0 Å². The van der Waals surface area contributed by atoms with Gasteiger partial charge in [0.25, 0.3) is 11.8 Å². The number of hydrogen-bond donors (Lipinski definition) is 1. The summed E-state index contributed by atoms with van der Waals surface area (Å²) in [6, 6.07) is 21.0. The second kappa shape index (κ2) is 7.95. The number of benzene rings is 3. The van der Waals surface area contributed by atoms with Crippen molar-refractivity contribution < 1.29 is 14.0 Å². The first-order valence-electron chi connectivity index (χ1n) is 9.69. The molecule has 0 aliphatic carbocycles. The van der Waals surface area contributed by atoms with E-state index in [9.17, 15) is 14.0 Å². The number of anilines is 1. The van der Waals surface area contributed by atoms with E-state index in [2.05, 4.69) is 5.32 Å². The van der Waals surface area contributed by atoms with Crippen LogP contribution in [0.15, 0.2) is 78.5 Å². The average molecular weight is 400 g/mol. The monoisotopic (exact) mass is 400 g/mol. The summed E-state index contributed by atoms with van der Waals surface area (Å²) in [5.41, 5.74) is 4.34. The first-order valence-corrected chi connectivity index (χ1v) is 9.69. The van der Waals surface area contributed by atoms with Crippen LogP contribution in [0.4, 0.5) is 10.1 Å². The molecule has 150 valence electrons. The highest BCUT2D eigenvalue weighted by atomic mass is 19.1. The fraction of sp³-hybridized carbons (Fsp3) is 0.120. The number of carbonyl (C=O) groups is 2. The molecule has 1 N–H and O–H groups in total. The van der Waals surface area contributed by atoms with Crippen LogP contribution in [0, 0.1) is 19.7 Å². The molecule has 1 aliphatic rings. The van der Waals surface area contributed by atoms with E-state index in [1.54, 1.807) is 30.3 Å². The molecular weight excluding hydrogens is 379 g/mol. The lowest BCUT2D eigenvalue weighted by Crippen LogP contribution is -2.32. The van der Waals surface area contributed by atoms with Gasteiger partial charge in [0.05, 0.1) is 12.1 Å². The van der Waals surface area contributed by atoms with Gasteiger partial charge in [0.2, 0.25) is 0 Å². The molecule has 0 saturated carbocycles. The summed E-state index contributed by atoms with van der Waals surface area (Å²) >= 11 is 0. The van der Waals surface area contributed by atoms with Gasteiger partial charge in [-0.2, -0.15) is 0 Å². The SMILES string of the molecule is Cc1ccc(NC2=C(c3ccccc3)C(=O)N(Cc3ccccc3F)C2=O)cc1C. The van der Waals surface area contributed by atoms with Crippen LogP contribution in [0.25, 0.3) is 5.57 Å². The minimum absolute atomic E-state index is 0.126. The van der Waals surface area contributed by atoms with Gasteiger partial charge in [-0.25, -0.2) is 4.39 Å². The van der Waals surface area contributed by atoms with Gasteiger partial charge >= 0.3 is 0 Å². The summed E-state index contributed by atoms with van der Waals surface area (Å²) in [6.45, 7) is 3.87. The van der Waals surface area contributed by atoms with Gasteiger partial charge in [0, 0.05) is 11.3 Å². The number of nitrogens with zero attached hydrogens (tertiary/aromatic N) is 1. The molecule has 2 amide bonds. The van der Waals surface area contributed by atoms with Crippen LogP contribution in [-0.4, -0.2) is 16.7 Å². The molecule has 3 aromatic carbocycles. The standard InChI is InChI=1S/C25H21FN2O2/c1-16-12-13-20(14-17(16)2)27-23-22(18-8-4-3-5-9-18)24(29)28(25(23)30)15-19-10-6-7-11-21(19)26/h3-14,27H,15H2,1-2H3. The first-order chi connectivity index (χ1) is 14.5. The van der Waals surface area contributed by atoms with Crippen molar-refractivity contribution in [1.82, 2.24) is 4.90 Å². The zero-order chi connectivity index (χ0) is 21.3. The number of carbonyl (C=O) groups excluding carboxylic acids is 2. The maximum Gasteiger partial charge on any atom is 0.278 e. The number of imide groups is 1. The Kier molecular flexibility index (Phi) is 5.19. The van der Waals surface area contributed by atoms with E-state index in [0.717, 1.165) is 21.7 Å². The van der Waals surface area contributed by atoms with E-state index < -0.39 is 17.6 Å². The molecule has 5 heteroatoms. The molecule has 3 aromatic rings. The topological polar surface area (TPSA) is 49.4 Å². The predicted octanol–water partition coefficient (Wildman–Crippen LogP) is 4.83. The molecular formula is C25H21FN2O2. The highest BCUT2D eigenvalue weighted by Gasteiger charge is 2.39. The smallest absolute Gasteiger partial charge is 0.278 e. The van der Waals surface area contributed by atoms with Crippen LogP contribution in [0.1, 0.15) is 22.3 Å². The third-order valence-electron chi connectivity index (χ3n) is 5.29. The molecule has 1 heterocycles. The van der Waals surface area contributed by atoms with Crippen LogP contribution in [0.2, 0.25) is 0 Å². The quantitative estimate of drug-likeness (QED) is 0.624. The second-order valence-electron chi connectivity index (χ2n) is 7.33. The molecule has 4 nitrogen and oxygen atoms in total. The summed E-state index contributed by atoms with van der Waals surface area (Å²) < 4.78 is 14.2. The Hall–Kier alpha value is -3.73. The van der Waals surface area contributed by atoms with Crippen LogP contribution in [0.3, 0.4) is 0 Å². The van der Waals surface area contributed by atoms with Crippen LogP contribution in [-0.2, 0) is 16.1 Å². The molecule has 0 saturated heterocycles. The molecule has 4 rings (SSSR count). The van der Waals surface area contributed by atoms with Gasteiger partial charge < -0.3 is 5.32 Å². The summed E-state index contributed by atoms with van der Waals surface area (Å²) in [6.07, 6.45) is 0. The van der Waals surface area contributed by atoms with Crippen molar-refractivity contribution in [3.63, 3.8) is 0 Å². The normalized spacial score (nSPS) is 13.9. The molecule has 0 atom stereocenters. The first kappa shape index (κ1) is 19.6. The number of aryl methyl sites for hydroxylation is 2. The Labute approximate surface area is 174 Å². The molecule has 0 fully saturated rings. The van der Waals surface area contributed by atoms with Crippen molar-refractivity contribution in [1.29, 1.82) is 0 Å². The van der Waals surface area contributed by atoms with Crippen molar-refractivity contribution in [2.24, 2.45) is 0 Å². The zero-order valence-corrected chi connectivity index (χ0v) is 16.8. The molecule has 1 aliphatic heterocycles. The maximum absolute atomic E-state index is 14.2. The van der Waals surface area contributed by atoms with Gasteiger partial charge in [0.1, 0.15) is 11.5 Å². The number of amides is 2. The molecule has 30 heavy (non-hydrogen) atoms. The maximum atomic E-state index is 14.2. The third kappa shape index (κ3) is 3.62. The van der Waals surface area contributed by atoms with E-state index in [4.69, 9.17) is 0 Å². The fourth-order valence-corrected chi connectivity index (χ4v) is 3.47. The average Bonchev–Trinajstić information content (AvgIpc) is 2.97.